The van der Waals surface area contributed by atoms with Crippen molar-refractivity contribution in [2.45, 2.75) is 19.5 Å². The second-order valence-electron chi connectivity index (χ2n) is 4.44. The van der Waals surface area contributed by atoms with E-state index < -0.39 is 0 Å². The number of hydrogen-bond donors (Lipinski definition) is 1. The lowest BCUT2D eigenvalue weighted by molar-refractivity contribution is 0.413. The molecule has 1 unspecified atom stereocenters. The lowest BCUT2D eigenvalue weighted by Gasteiger charge is -2.14. The number of aryl methyl sites for hydroxylation is 1. The van der Waals surface area contributed by atoms with E-state index in [-0.39, 0.29) is 11.6 Å². The normalized spacial score (nSPS) is 12.2. The number of rotatable bonds is 4. The first-order chi connectivity index (χ1) is 9.10. The Balaban J connectivity index is 2.20. The van der Waals surface area contributed by atoms with Crippen LogP contribution in [0.3, 0.4) is 0 Å². The first-order valence-electron chi connectivity index (χ1n) is 6.03. The summed E-state index contributed by atoms with van der Waals surface area (Å²) in [6.07, 6.45) is 1.65. The summed E-state index contributed by atoms with van der Waals surface area (Å²) in [7, 11) is 1.61. The molecule has 1 heterocycles. The number of hydrogen-bond acceptors (Lipinski definition) is 4. The SMILES string of the molecule is COc1cccc(C(N)Cn2ncc(C)cc2=O)c1. The quantitative estimate of drug-likeness (QED) is 0.897. The molecule has 5 heteroatoms. The van der Waals surface area contributed by atoms with Gasteiger partial charge in [0.15, 0.2) is 0 Å². The molecule has 1 atom stereocenters. The summed E-state index contributed by atoms with van der Waals surface area (Å²) in [6.45, 7) is 2.17. The summed E-state index contributed by atoms with van der Waals surface area (Å²) in [6, 6.07) is 8.75. The number of methoxy groups -OCH3 is 1. The number of ether oxygens (including phenoxy) is 1. The highest BCUT2D eigenvalue weighted by Crippen LogP contribution is 2.18. The molecule has 2 rings (SSSR count). The molecular formula is C14H17N3O2. The molecule has 0 saturated carbocycles. The molecule has 0 aliphatic carbocycles. The van der Waals surface area contributed by atoms with Crippen molar-refractivity contribution in [2.24, 2.45) is 5.73 Å². The minimum absolute atomic E-state index is 0.140. The van der Waals surface area contributed by atoms with Crippen LogP contribution in [0.2, 0.25) is 0 Å². The van der Waals surface area contributed by atoms with Crippen LogP contribution in [0.5, 0.6) is 5.75 Å². The standard InChI is InChI=1S/C14H17N3O2/c1-10-6-14(18)17(16-8-10)9-13(15)11-4-3-5-12(7-11)19-2/h3-8,13H,9,15H2,1-2H3. The third kappa shape index (κ3) is 3.20. The molecule has 0 radical (unpaired) electrons. The first-order valence-corrected chi connectivity index (χ1v) is 6.03. The van der Waals surface area contributed by atoms with E-state index >= 15 is 0 Å². The van der Waals surface area contributed by atoms with Gasteiger partial charge in [0.25, 0.3) is 5.56 Å². The molecule has 100 valence electrons. The molecule has 0 saturated heterocycles. The Labute approximate surface area is 111 Å². The van der Waals surface area contributed by atoms with E-state index in [4.69, 9.17) is 10.5 Å². The van der Waals surface area contributed by atoms with Gasteiger partial charge in [-0.1, -0.05) is 12.1 Å². The summed E-state index contributed by atoms with van der Waals surface area (Å²) < 4.78 is 6.53. The first kappa shape index (κ1) is 13.3. The fourth-order valence-corrected chi connectivity index (χ4v) is 1.83. The van der Waals surface area contributed by atoms with Crippen molar-refractivity contribution in [3.63, 3.8) is 0 Å². The highest BCUT2D eigenvalue weighted by molar-refractivity contribution is 5.30. The van der Waals surface area contributed by atoms with Crippen LogP contribution in [0.25, 0.3) is 0 Å². The van der Waals surface area contributed by atoms with Crippen molar-refractivity contribution in [1.29, 1.82) is 0 Å². The molecule has 0 aliphatic rings. The Morgan fingerprint density at radius 3 is 2.89 bits per heavy atom. The molecule has 0 spiro atoms. The fourth-order valence-electron chi connectivity index (χ4n) is 1.83. The smallest absolute Gasteiger partial charge is 0.267 e. The molecule has 0 aliphatic heterocycles. The molecule has 0 fully saturated rings. The molecular weight excluding hydrogens is 242 g/mol. The zero-order chi connectivity index (χ0) is 13.8. The van der Waals surface area contributed by atoms with Crippen molar-refractivity contribution in [1.82, 2.24) is 9.78 Å². The topological polar surface area (TPSA) is 70.1 Å². The van der Waals surface area contributed by atoms with Crippen LogP contribution in [0.4, 0.5) is 0 Å². The van der Waals surface area contributed by atoms with Gasteiger partial charge in [0.05, 0.1) is 19.9 Å². The minimum Gasteiger partial charge on any atom is -0.497 e. The zero-order valence-electron chi connectivity index (χ0n) is 11.0. The van der Waals surface area contributed by atoms with Gasteiger partial charge in [0.2, 0.25) is 0 Å². The van der Waals surface area contributed by atoms with Crippen LogP contribution in [0.15, 0.2) is 41.3 Å². The van der Waals surface area contributed by atoms with Gasteiger partial charge >= 0.3 is 0 Å². The summed E-state index contributed by atoms with van der Waals surface area (Å²) >= 11 is 0. The van der Waals surface area contributed by atoms with E-state index in [1.54, 1.807) is 19.4 Å². The minimum atomic E-state index is -0.303. The van der Waals surface area contributed by atoms with Crippen LogP contribution < -0.4 is 16.0 Å². The lowest BCUT2D eigenvalue weighted by atomic mass is 10.1. The van der Waals surface area contributed by atoms with Crippen LogP contribution in [-0.4, -0.2) is 16.9 Å². The van der Waals surface area contributed by atoms with E-state index in [0.717, 1.165) is 16.9 Å². The van der Waals surface area contributed by atoms with E-state index in [2.05, 4.69) is 5.10 Å². The van der Waals surface area contributed by atoms with Gasteiger partial charge in [0.1, 0.15) is 5.75 Å². The largest absolute Gasteiger partial charge is 0.497 e. The van der Waals surface area contributed by atoms with Gasteiger partial charge in [-0.3, -0.25) is 4.79 Å². The van der Waals surface area contributed by atoms with Gasteiger partial charge in [0, 0.05) is 12.1 Å². The van der Waals surface area contributed by atoms with Crippen LogP contribution >= 0.6 is 0 Å². The predicted octanol–water partition coefficient (Wildman–Crippen LogP) is 1.26. The maximum absolute atomic E-state index is 11.8. The van der Waals surface area contributed by atoms with Gasteiger partial charge in [-0.25, -0.2) is 4.68 Å². The van der Waals surface area contributed by atoms with Crippen LogP contribution in [-0.2, 0) is 6.54 Å². The van der Waals surface area contributed by atoms with Crippen molar-refractivity contribution in [3.8, 4) is 5.75 Å². The van der Waals surface area contributed by atoms with Crippen molar-refractivity contribution in [2.75, 3.05) is 7.11 Å². The second-order valence-corrected chi connectivity index (χ2v) is 4.44. The summed E-state index contributed by atoms with van der Waals surface area (Å²) in [5.74, 6) is 0.747. The van der Waals surface area contributed by atoms with Gasteiger partial charge in [-0.05, 0) is 30.2 Å². The second kappa shape index (κ2) is 5.67. The van der Waals surface area contributed by atoms with Crippen LogP contribution in [0.1, 0.15) is 17.2 Å². The zero-order valence-corrected chi connectivity index (χ0v) is 11.0. The average molecular weight is 259 g/mol. The van der Waals surface area contributed by atoms with Crippen molar-refractivity contribution < 1.29 is 4.74 Å². The molecule has 1 aromatic carbocycles. The van der Waals surface area contributed by atoms with E-state index in [1.807, 2.05) is 31.2 Å². The molecule has 0 amide bonds. The van der Waals surface area contributed by atoms with Gasteiger partial charge < -0.3 is 10.5 Å². The monoisotopic (exact) mass is 259 g/mol. The molecule has 1 aromatic heterocycles. The van der Waals surface area contributed by atoms with Gasteiger partial charge in [-0.15, -0.1) is 0 Å². The number of aromatic nitrogens is 2. The maximum atomic E-state index is 11.8. The number of nitrogens with two attached hydrogens (primary N) is 1. The summed E-state index contributed by atoms with van der Waals surface area (Å²) in [5.41, 5.74) is 7.72. The molecule has 5 nitrogen and oxygen atoms in total. The molecule has 19 heavy (non-hydrogen) atoms. The number of nitrogens with zero attached hydrogens (tertiary/aromatic N) is 2. The highest BCUT2D eigenvalue weighted by atomic mass is 16.5. The average Bonchev–Trinajstić information content (AvgIpc) is 2.42. The maximum Gasteiger partial charge on any atom is 0.267 e. The fraction of sp³-hybridized carbons (Fsp3) is 0.286. The summed E-state index contributed by atoms with van der Waals surface area (Å²) in [4.78, 5) is 11.8. The predicted molar refractivity (Wildman–Crippen MR) is 73.2 cm³/mol. The third-order valence-corrected chi connectivity index (χ3v) is 2.90. The highest BCUT2D eigenvalue weighted by Gasteiger charge is 2.09. The van der Waals surface area contributed by atoms with E-state index in [0.29, 0.717) is 6.54 Å². The Morgan fingerprint density at radius 1 is 1.42 bits per heavy atom. The Kier molecular flexibility index (Phi) is 3.97. The lowest BCUT2D eigenvalue weighted by Crippen LogP contribution is -2.28. The Hall–Kier alpha value is -2.14. The van der Waals surface area contributed by atoms with Crippen LogP contribution in [0, 0.1) is 6.92 Å². The Morgan fingerprint density at radius 2 is 2.21 bits per heavy atom. The summed E-state index contributed by atoms with van der Waals surface area (Å²) in [5, 5.41) is 4.08. The van der Waals surface area contributed by atoms with Gasteiger partial charge in [-0.2, -0.15) is 5.10 Å². The molecule has 0 bridgehead atoms. The Bertz CT molecular complexity index is 622. The van der Waals surface area contributed by atoms with E-state index in [1.165, 1.54) is 4.68 Å². The van der Waals surface area contributed by atoms with Crippen molar-refractivity contribution in [3.05, 3.63) is 58.0 Å². The third-order valence-electron chi connectivity index (χ3n) is 2.90. The number of benzene rings is 1. The van der Waals surface area contributed by atoms with E-state index in [9.17, 15) is 4.79 Å². The molecule has 2 N–H and O–H groups in total. The van der Waals surface area contributed by atoms with Crippen molar-refractivity contribution >= 4 is 0 Å². The molecule has 2 aromatic rings.